The summed E-state index contributed by atoms with van der Waals surface area (Å²) < 4.78 is 0. The quantitative estimate of drug-likeness (QED) is 0.832. The number of hydrogen-bond donors (Lipinski definition) is 0. The molecular formula is C18H22N2O4. The fourth-order valence-electron chi connectivity index (χ4n) is 2.58. The number of benzene rings is 1. The maximum atomic E-state index is 12.8. The third kappa shape index (κ3) is 3.64. The van der Waals surface area contributed by atoms with E-state index < -0.39 is 17.9 Å². The van der Waals surface area contributed by atoms with E-state index in [4.69, 9.17) is 4.84 Å². The Morgan fingerprint density at radius 2 is 1.83 bits per heavy atom. The molecule has 128 valence electrons. The fraction of sp³-hybridized carbons (Fsp3) is 0.389. The molecule has 0 saturated carbocycles. The van der Waals surface area contributed by atoms with Gasteiger partial charge in [-0.1, -0.05) is 44.2 Å². The van der Waals surface area contributed by atoms with E-state index >= 15 is 0 Å². The van der Waals surface area contributed by atoms with Crippen LogP contribution in [-0.4, -0.2) is 33.8 Å². The molecule has 0 aromatic heterocycles. The molecule has 1 aromatic carbocycles. The molecule has 2 amide bonds. The molecule has 1 atom stereocenters. The van der Waals surface area contributed by atoms with Crippen LogP contribution in [0.3, 0.4) is 0 Å². The normalized spacial score (nSPS) is 17.5. The SMILES string of the molecule is CCCC(=O)ON1C(=O)C(CC)N(C(C)=O)C=C1c1ccccc1. The number of amides is 2. The van der Waals surface area contributed by atoms with Gasteiger partial charge in [0.1, 0.15) is 11.7 Å². The van der Waals surface area contributed by atoms with Crippen molar-refractivity contribution in [2.75, 3.05) is 0 Å². The highest BCUT2D eigenvalue weighted by Crippen LogP contribution is 2.29. The maximum Gasteiger partial charge on any atom is 0.333 e. The molecule has 6 nitrogen and oxygen atoms in total. The lowest BCUT2D eigenvalue weighted by molar-refractivity contribution is -0.189. The standard InChI is InChI=1S/C18H22N2O4/c1-4-9-17(22)24-20-16(14-10-7-6-8-11-14)12-19(13(3)21)15(5-2)18(20)23/h6-8,10-12,15H,4-5,9H2,1-3H3. The van der Waals surface area contributed by atoms with Gasteiger partial charge in [0.25, 0.3) is 5.91 Å². The van der Waals surface area contributed by atoms with Gasteiger partial charge in [0.05, 0.1) is 0 Å². The maximum absolute atomic E-state index is 12.8. The summed E-state index contributed by atoms with van der Waals surface area (Å²) in [5.41, 5.74) is 1.07. The van der Waals surface area contributed by atoms with Crippen LogP contribution in [0.5, 0.6) is 0 Å². The van der Waals surface area contributed by atoms with Gasteiger partial charge in [-0.2, -0.15) is 0 Å². The summed E-state index contributed by atoms with van der Waals surface area (Å²) >= 11 is 0. The van der Waals surface area contributed by atoms with Crippen LogP contribution in [0.4, 0.5) is 0 Å². The van der Waals surface area contributed by atoms with Gasteiger partial charge in [-0.05, 0) is 12.8 Å². The molecule has 1 aliphatic rings. The minimum absolute atomic E-state index is 0.221. The fourth-order valence-corrected chi connectivity index (χ4v) is 2.58. The first-order valence-corrected chi connectivity index (χ1v) is 8.10. The van der Waals surface area contributed by atoms with Crippen molar-refractivity contribution in [3.8, 4) is 0 Å². The molecule has 0 saturated heterocycles. The van der Waals surface area contributed by atoms with Gasteiger partial charge in [0.15, 0.2) is 0 Å². The zero-order chi connectivity index (χ0) is 17.7. The van der Waals surface area contributed by atoms with E-state index in [0.29, 0.717) is 24.1 Å². The first-order valence-electron chi connectivity index (χ1n) is 8.10. The van der Waals surface area contributed by atoms with Gasteiger partial charge < -0.3 is 9.74 Å². The predicted molar refractivity (Wildman–Crippen MR) is 88.9 cm³/mol. The van der Waals surface area contributed by atoms with Crippen molar-refractivity contribution in [1.29, 1.82) is 0 Å². The summed E-state index contributed by atoms with van der Waals surface area (Å²) in [7, 11) is 0. The Hall–Kier alpha value is -2.63. The number of carbonyl (C=O) groups excluding carboxylic acids is 3. The van der Waals surface area contributed by atoms with Crippen LogP contribution in [0.25, 0.3) is 5.70 Å². The van der Waals surface area contributed by atoms with Crippen LogP contribution in [0.1, 0.15) is 45.6 Å². The zero-order valence-electron chi connectivity index (χ0n) is 14.2. The van der Waals surface area contributed by atoms with Gasteiger partial charge in [-0.15, -0.1) is 5.06 Å². The van der Waals surface area contributed by atoms with Crippen molar-refractivity contribution in [2.24, 2.45) is 0 Å². The Labute approximate surface area is 141 Å². The summed E-state index contributed by atoms with van der Waals surface area (Å²) in [6.07, 6.45) is 2.85. The molecule has 1 unspecified atom stereocenters. The van der Waals surface area contributed by atoms with Gasteiger partial charge in [-0.25, -0.2) is 4.79 Å². The number of carbonyl (C=O) groups is 3. The highest BCUT2D eigenvalue weighted by Gasteiger charge is 2.38. The lowest BCUT2D eigenvalue weighted by Crippen LogP contribution is -2.52. The van der Waals surface area contributed by atoms with Crippen molar-refractivity contribution in [3.05, 3.63) is 42.1 Å². The van der Waals surface area contributed by atoms with E-state index in [2.05, 4.69) is 0 Å². The Bertz CT molecular complexity index is 654. The monoisotopic (exact) mass is 330 g/mol. The average Bonchev–Trinajstić information content (AvgIpc) is 2.57. The summed E-state index contributed by atoms with van der Waals surface area (Å²) in [5.74, 6) is -1.12. The van der Waals surface area contributed by atoms with Crippen molar-refractivity contribution in [3.63, 3.8) is 0 Å². The number of hydrogen-bond acceptors (Lipinski definition) is 4. The Morgan fingerprint density at radius 3 is 2.38 bits per heavy atom. The highest BCUT2D eigenvalue weighted by atomic mass is 16.7. The van der Waals surface area contributed by atoms with Gasteiger partial charge in [0.2, 0.25) is 5.91 Å². The smallest absolute Gasteiger partial charge is 0.333 e. The zero-order valence-corrected chi connectivity index (χ0v) is 14.2. The molecular weight excluding hydrogens is 308 g/mol. The molecule has 0 radical (unpaired) electrons. The molecule has 2 rings (SSSR count). The second-order valence-electron chi connectivity index (χ2n) is 5.58. The van der Waals surface area contributed by atoms with Crippen LogP contribution >= 0.6 is 0 Å². The summed E-state index contributed by atoms with van der Waals surface area (Å²) in [5, 5.41) is 1.03. The molecule has 0 aliphatic carbocycles. The Morgan fingerprint density at radius 1 is 1.17 bits per heavy atom. The molecule has 0 spiro atoms. The third-order valence-electron chi connectivity index (χ3n) is 3.77. The van der Waals surface area contributed by atoms with Crippen LogP contribution in [0.15, 0.2) is 36.5 Å². The van der Waals surface area contributed by atoms with Gasteiger partial charge in [-0.3, -0.25) is 9.59 Å². The lowest BCUT2D eigenvalue weighted by Gasteiger charge is -2.37. The van der Waals surface area contributed by atoms with E-state index in [1.807, 2.05) is 32.0 Å². The Balaban J connectivity index is 2.47. The minimum atomic E-state index is -0.676. The van der Waals surface area contributed by atoms with Gasteiger partial charge >= 0.3 is 5.97 Å². The Kier molecular flexibility index (Phi) is 5.73. The van der Waals surface area contributed by atoms with Crippen molar-refractivity contribution >= 4 is 23.5 Å². The number of rotatable bonds is 5. The molecule has 6 heteroatoms. The first kappa shape index (κ1) is 17.7. The van der Waals surface area contributed by atoms with Crippen LogP contribution in [0, 0.1) is 0 Å². The molecule has 0 bridgehead atoms. The predicted octanol–water partition coefficient (Wildman–Crippen LogP) is 2.71. The average molecular weight is 330 g/mol. The van der Waals surface area contributed by atoms with Crippen LogP contribution in [0.2, 0.25) is 0 Å². The van der Waals surface area contributed by atoms with Crippen molar-refractivity contribution in [2.45, 2.75) is 46.1 Å². The van der Waals surface area contributed by atoms with Crippen molar-refractivity contribution < 1.29 is 19.2 Å². The van der Waals surface area contributed by atoms with Crippen LogP contribution in [-0.2, 0) is 19.2 Å². The van der Waals surface area contributed by atoms with E-state index in [-0.39, 0.29) is 12.3 Å². The van der Waals surface area contributed by atoms with E-state index in [0.717, 1.165) is 5.06 Å². The van der Waals surface area contributed by atoms with E-state index in [1.54, 1.807) is 18.3 Å². The molecule has 1 aliphatic heterocycles. The molecule has 24 heavy (non-hydrogen) atoms. The molecule has 0 fully saturated rings. The molecule has 1 aromatic rings. The number of nitrogens with zero attached hydrogens (tertiary/aromatic N) is 2. The summed E-state index contributed by atoms with van der Waals surface area (Å²) in [4.78, 5) is 43.4. The van der Waals surface area contributed by atoms with Crippen molar-refractivity contribution in [1.82, 2.24) is 9.96 Å². The highest BCUT2D eigenvalue weighted by molar-refractivity contribution is 5.96. The lowest BCUT2D eigenvalue weighted by atomic mass is 10.1. The third-order valence-corrected chi connectivity index (χ3v) is 3.77. The van der Waals surface area contributed by atoms with E-state index in [9.17, 15) is 14.4 Å². The summed E-state index contributed by atoms with van der Waals surface area (Å²) in [6, 6.07) is 8.39. The largest absolute Gasteiger partial charge is 0.333 e. The van der Waals surface area contributed by atoms with Gasteiger partial charge in [0, 0.05) is 25.1 Å². The number of hydroxylamine groups is 2. The molecule has 1 heterocycles. The summed E-state index contributed by atoms with van der Waals surface area (Å²) in [6.45, 7) is 5.08. The minimum Gasteiger partial charge on any atom is -0.333 e. The van der Waals surface area contributed by atoms with Crippen LogP contribution < -0.4 is 0 Å². The molecule has 0 N–H and O–H groups in total. The first-order chi connectivity index (χ1) is 11.5. The second kappa shape index (κ2) is 7.77. The topological polar surface area (TPSA) is 66.9 Å². The second-order valence-corrected chi connectivity index (χ2v) is 5.58. The van der Waals surface area contributed by atoms with E-state index in [1.165, 1.54) is 11.8 Å².